The third-order valence-electron chi connectivity index (χ3n) is 4.32. The van der Waals surface area contributed by atoms with Crippen molar-refractivity contribution in [1.29, 1.82) is 0 Å². The molecule has 1 unspecified atom stereocenters. The van der Waals surface area contributed by atoms with Gasteiger partial charge in [0.15, 0.2) is 0 Å². The number of hydrogen-bond donors (Lipinski definition) is 2. The molecule has 0 amide bonds. The molecule has 14 heavy (non-hydrogen) atoms. The van der Waals surface area contributed by atoms with Crippen LogP contribution in [0, 0.1) is 5.41 Å². The summed E-state index contributed by atoms with van der Waals surface area (Å²) in [7, 11) is 0. The zero-order chi connectivity index (χ0) is 10.0. The molecule has 2 aliphatic carbocycles. The van der Waals surface area contributed by atoms with Crippen molar-refractivity contribution in [2.45, 2.75) is 70.0 Å². The molecule has 2 aliphatic rings. The minimum Gasteiger partial charge on any atom is -0.392 e. The quantitative estimate of drug-likeness (QED) is 0.626. The largest absolute Gasteiger partial charge is 0.392 e. The molecule has 0 aromatic heterocycles. The van der Waals surface area contributed by atoms with Gasteiger partial charge in [0.2, 0.25) is 0 Å². The summed E-state index contributed by atoms with van der Waals surface area (Å²) in [6.45, 7) is 0. The van der Waals surface area contributed by atoms with Crippen LogP contribution in [0.3, 0.4) is 0 Å². The fourth-order valence-electron chi connectivity index (χ4n) is 3.36. The number of hydrogen-bond acceptors (Lipinski definition) is 2. The van der Waals surface area contributed by atoms with Crippen molar-refractivity contribution in [3.63, 3.8) is 0 Å². The van der Waals surface area contributed by atoms with E-state index in [1.807, 2.05) is 0 Å². The van der Waals surface area contributed by atoms with Gasteiger partial charge < -0.3 is 10.2 Å². The standard InChI is InChI=1S/C12H22O2/c13-10-6-3-1-2-4-8-12(10)9-5-7-11(12)14/h10-11,13-14H,1-9H2/t10?,11-,12-/m0/s1. The van der Waals surface area contributed by atoms with E-state index in [-0.39, 0.29) is 17.6 Å². The summed E-state index contributed by atoms with van der Waals surface area (Å²) < 4.78 is 0. The predicted molar refractivity (Wildman–Crippen MR) is 56.0 cm³/mol. The van der Waals surface area contributed by atoms with E-state index in [4.69, 9.17) is 0 Å². The van der Waals surface area contributed by atoms with Crippen LogP contribution in [0.5, 0.6) is 0 Å². The molecule has 3 atom stereocenters. The van der Waals surface area contributed by atoms with E-state index < -0.39 is 0 Å². The molecule has 0 saturated heterocycles. The summed E-state index contributed by atoms with van der Waals surface area (Å²) in [6.07, 6.45) is 9.33. The molecule has 2 fully saturated rings. The summed E-state index contributed by atoms with van der Waals surface area (Å²) >= 11 is 0. The molecule has 0 heterocycles. The van der Waals surface area contributed by atoms with Crippen LogP contribution in [-0.2, 0) is 0 Å². The highest BCUT2D eigenvalue weighted by Crippen LogP contribution is 2.47. The Morgan fingerprint density at radius 3 is 2.00 bits per heavy atom. The van der Waals surface area contributed by atoms with Gasteiger partial charge in [0.05, 0.1) is 12.2 Å². The van der Waals surface area contributed by atoms with Crippen LogP contribution in [-0.4, -0.2) is 22.4 Å². The topological polar surface area (TPSA) is 40.5 Å². The number of aliphatic hydroxyl groups is 2. The second kappa shape index (κ2) is 4.19. The van der Waals surface area contributed by atoms with E-state index in [0.29, 0.717) is 0 Å². The third-order valence-corrected chi connectivity index (χ3v) is 4.32. The zero-order valence-corrected chi connectivity index (χ0v) is 8.91. The summed E-state index contributed by atoms with van der Waals surface area (Å²) in [4.78, 5) is 0. The summed E-state index contributed by atoms with van der Waals surface area (Å²) in [6, 6.07) is 0. The Labute approximate surface area is 86.3 Å². The molecule has 0 aromatic carbocycles. The SMILES string of the molecule is OC1CCCCCC[C@]12CCC[C@@H]2O. The molecule has 0 bridgehead atoms. The van der Waals surface area contributed by atoms with Gasteiger partial charge in [-0.1, -0.05) is 32.1 Å². The van der Waals surface area contributed by atoms with Gasteiger partial charge in [-0.2, -0.15) is 0 Å². The first-order valence-electron chi connectivity index (χ1n) is 6.12. The second-order valence-electron chi connectivity index (χ2n) is 5.11. The Morgan fingerprint density at radius 1 is 0.714 bits per heavy atom. The lowest BCUT2D eigenvalue weighted by atomic mass is 9.71. The van der Waals surface area contributed by atoms with Crippen molar-refractivity contribution >= 4 is 0 Å². The first-order chi connectivity index (χ1) is 6.76. The van der Waals surface area contributed by atoms with Crippen molar-refractivity contribution in [3.05, 3.63) is 0 Å². The molecule has 82 valence electrons. The second-order valence-corrected chi connectivity index (χ2v) is 5.11. The van der Waals surface area contributed by atoms with Gasteiger partial charge in [0.1, 0.15) is 0 Å². The third kappa shape index (κ3) is 1.70. The van der Waals surface area contributed by atoms with Crippen molar-refractivity contribution in [3.8, 4) is 0 Å². The number of rotatable bonds is 0. The Morgan fingerprint density at radius 2 is 1.29 bits per heavy atom. The smallest absolute Gasteiger partial charge is 0.0621 e. The Bertz CT molecular complexity index is 193. The average Bonchev–Trinajstić information content (AvgIpc) is 2.52. The van der Waals surface area contributed by atoms with E-state index in [0.717, 1.165) is 38.5 Å². The highest BCUT2D eigenvalue weighted by atomic mass is 16.3. The van der Waals surface area contributed by atoms with Gasteiger partial charge >= 0.3 is 0 Å². The summed E-state index contributed by atoms with van der Waals surface area (Å²) in [5.74, 6) is 0. The molecule has 0 radical (unpaired) electrons. The zero-order valence-electron chi connectivity index (χ0n) is 8.91. The molecule has 2 rings (SSSR count). The molecule has 0 aromatic rings. The van der Waals surface area contributed by atoms with E-state index in [2.05, 4.69) is 0 Å². The van der Waals surface area contributed by atoms with E-state index in [1.165, 1.54) is 19.3 Å². The highest BCUT2D eigenvalue weighted by Gasteiger charge is 2.46. The van der Waals surface area contributed by atoms with Gasteiger partial charge in [-0.15, -0.1) is 0 Å². The lowest BCUT2D eigenvalue weighted by Crippen LogP contribution is -2.42. The number of aliphatic hydroxyl groups excluding tert-OH is 2. The Hall–Kier alpha value is -0.0800. The van der Waals surface area contributed by atoms with Crippen molar-refractivity contribution in [2.75, 3.05) is 0 Å². The maximum Gasteiger partial charge on any atom is 0.0621 e. The first-order valence-corrected chi connectivity index (χ1v) is 6.12. The molecular weight excluding hydrogens is 176 g/mol. The highest BCUT2D eigenvalue weighted by molar-refractivity contribution is 4.97. The van der Waals surface area contributed by atoms with E-state index in [9.17, 15) is 10.2 Å². The predicted octanol–water partition coefficient (Wildman–Crippen LogP) is 2.23. The van der Waals surface area contributed by atoms with Gasteiger partial charge in [-0.05, 0) is 25.7 Å². The first kappa shape index (κ1) is 10.4. The van der Waals surface area contributed by atoms with Crippen LogP contribution in [0.15, 0.2) is 0 Å². The average molecular weight is 198 g/mol. The Balaban J connectivity index is 2.11. The van der Waals surface area contributed by atoms with Crippen molar-refractivity contribution in [1.82, 2.24) is 0 Å². The maximum absolute atomic E-state index is 10.2. The van der Waals surface area contributed by atoms with Gasteiger partial charge in [-0.3, -0.25) is 0 Å². The van der Waals surface area contributed by atoms with Crippen LogP contribution in [0.4, 0.5) is 0 Å². The van der Waals surface area contributed by atoms with Crippen molar-refractivity contribution in [2.24, 2.45) is 5.41 Å². The van der Waals surface area contributed by atoms with E-state index in [1.54, 1.807) is 0 Å². The van der Waals surface area contributed by atoms with Gasteiger partial charge in [-0.25, -0.2) is 0 Å². The lowest BCUT2D eigenvalue weighted by Gasteiger charge is -2.39. The molecule has 2 N–H and O–H groups in total. The molecule has 2 nitrogen and oxygen atoms in total. The molecule has 2 saturated carbocycles. The minimum atomic E-state index is -0.250. The normalized spacial score (nSPS) is 45.0. The van der Waals surface area contributed by atoms with Crippen LogP contribution >= 0.6 is 0 Å². The van der Waals surface area contributed by atoms with Gasteiger partial charge in [0, 0.05) is 5.41 Å². The Kier molecular flexibility index (Phi) is 3.13. The van der Waals surface area contributed by atoms with Gasteiger partial charge in [0.25, 0.3) is 0 Å². The van der Waals surface area contributed by atoms with Crippen molar-refractivity contribution < 1.29 is 10.2 Å². The fraction of sp³-hybridized carbons (Fsp3) is 1.00. The fourth-order valence-corrected chi connectivity index (χ4v) is 3.36. The molecule has 2 heteroatoms. The molecular formula is C12H22O2. The molecule has 1 spiro atoms. The van der Waals surface area contributed by atoms with E-state index >= 15 is 0 Å². The minimum absolute atomic E-state index is 0.125. The van der Waals surface area contributed by atoms with Crippen LogP contribution in [0.2, 0.25) is 0 Å². The molecule has 0 aliphatic heterocycles. The lowest BCUT2D eigenvalue weighted by molar-refractivity contribution is -0.0656. The maximum atomic E-state index is 10.2. The summed E-state index contributed by atoms with van der Waals surface area (Å²) in [5, 5.41) is 20.2. The van der Waals surface area contributed by atoms with Crippen LogP contribution in [0.25, 0.3) is 0 Å². The van der Waals surface area contributed by atoms with Crippen LogP contribution in [0.1, 0.15) is 57.8 Å². The van der Waals surface area contributed by atoms with Crippen LogP contribution < -0.4 is 0 Å². The monoisotopic (exact) mass is 198 g/mol. The summed E-state index contributed by atoms with van der Waals surface area (Å²) in [5.41, 5.74) is -0.125.